The van der Waals surface area contributed by atoms with Gasteiger partial charge in [-0.1, -0.05) is 38.4 Å². The number of hydrogen-bond donors (Lipinski definition) is 1. The Bertz CT molecular complexity index is 602. The zero-order chi connectivity index (χ0) is 19.4. The fraction of sp³-hybridized carbons (Fsp3) is 0.727. The normalized spacial score (nSPS) is 27.5. The molecule has 1 aliphatic heterocycles. The summed E-state index contributed by atoms with van der Waals surface area (Å²) in [5, 5.41) is 11.2. The lowest BCUT2D eigenvalue weighted by Crippen LogP contribution is -2.49. The van der Waals surface area contributed by atoms with Crippen molar-refractivity contribution in [2.45, 2.75) is 52.2 Å². The van der Waals surface area contributed by atoms with Gasteiger partial charge in [0.05, 0.1) is 18.8 Å². The molecule has 1 heterocycles. The third-order valence-corrected chi connectivity index (χ3v) is 6.12. The minimum atomic E-state index is -0.414. The van der Waals surface area contributed by atoms with Crippen molar-refractivity contribution in [3.05, 3.63) is 29.3 Å². The van der Waals surface area contributed by atoms with Crippen molar-refractivity contribution in [1.29, 1.82) is 0 Å². The average Bonchev–Trinajstić information content (AvgIpc) is 2.59. The summed E-state index contributed by atoms with van der Waals surface area (Å²) in [4.78, 5) is 4.69. The van der Waals surface area contributed by atoms with E-state index in [0.29, 0.717) is 24.5 Å². The summed E-state index contributed by atoms with van der Waals surface area (Å²) in [6, 6.07) is 8.04. The van der Waals surface area contributed by atoms with E-state index in [2.05, 4.69) is 36.6 Å². The number of ether oxygens (including phenoxy) is 1. The van der Waals surface area contributed by atoms with Crippen LogP contribution in [0.25, 0.3) is 0 Å². The van der Waals surface area contributed by atoms with Gasteiger partial charge >= 0.3 is 0 Å². The average molecular weight is 395 g/mol. The lowest BCUT2D eigenvalue weighted by Gasteiger charge is -2.39. The molecule has 4 nitrogen and oxygen atoms in total. The number of rotatable bonds is 6. The summed E-state index contributed by atoms with van der Waals surface area (Å²) in [5.41, 5.74) is 1.53. The van der Waals surface area contributed by atoms with Gasteiger partial charge in [0.15, 0.2) is 0 Å². The summed E-state index contributed by atoms with van der Waals surface area (Å²) >= 11 is 6.10. The Hall–Kier alpha value is -0.810. The van der Waals surface area contributed by atoms with Crippen molar-refractivity contribution < 1.29 is 9.84 Å². The van der Waals surface area contributed by atoms with Crippen LogP contribution in [-0.2, 0) is 4.74 Å². The third-order valence-electron chi connectivity index (χ3n) is 5.89. The van der Waals surface area contributed by atoms with Gasteiger partial charge in [-0.15, -0.1) is 0 Å². The Kier molecular flexibility index (Phi) is 7.07. The SMILES string of the molecule is C[C@H]1C[C@H](OC[C@@H](O)CN2CCN(c3cccc(Cl)c3)CC2)CC(C)(C)C1. The largest absolute Gasteiger partial charge is 0.389 e. The molecule has 0 unspecified atom stereocenters. The molecule has 5 heteroatoms. The van der Waals surface area contributed by atoms with Crippen molar-refractivity contribution in [1.82, 2.24) is 4.90 Å². The smallest absolute Gasteiger partial charge is 0.0900 e. The third kappa shape index (κ3) is 6.35. The Morgan fingerprint density at radius 1 is 1.22 bits per heavy atom. The first kappa shape index (κ1) is 20.9. The van der Waals surface area contributed by atoms with Gasteiger partial charge in [0.2, 0.25) is 0 Å². The molecule has 0 aromatic heterocycles. The highest BCUT2D eigenvalue weighted by atomic mass is 35.5. The van der Waals surface area contributed by atoms with Crippen molar-refractivity contribution in [2.24, 2.45) is 11.3 Å². The maximum Gasteiger partial charge on any atom is 0.0900 e. The Morgan fingerprint density at radius 3 is 2.63 bits per heavy atom. The van der Waals surface area contributed by atoms with E-state index in [4.69, 9.17) is 16.3 Å². The van der Waals surface area contributed by atoms with Crippen LogP contribution in [0.4, 0.5) is 5.69 Å². The van der Waals surface area contributed by atoms with Gasteiger partial charge in [0, 0.05) is 43.4 Å². The maximum atomic E-state index is 10.4. The Labute approximate surface area is 169 Å². The van der Waals surface area contributed by atoms with E-state index in [0.717, 1.165) is 44.0 Å². The number of anilines is 1. The van der Waals surface area contributed by atoms with Crippen LogP contribution in [0.2, 0.25) is 5.02 Å². The zero-order valence-electron chi connectivity index (χ0n) is 17.0. The van der Waals surface area contributed by atoms with Crippen molar-refractivity contribution >= 4 is 17.3 Å². The molecule has 3 atom stereocenters. The van der Waals surface area contributed by atoms with Crippen LogP contribution in [0.1, 0.15) is 40.0 Å². The predicted octanol–water partition coefficient (Wildman–Crippen LogP) is 4.05. The number of aliphatic hydroxyl groups is 1. The van der Waals surface area contributed by atoms with Crippen molar-refractivity contribution in [3.8, 4) is 0 Å². The van der Waals surface area contributed by atoms with E-state index in [1.807, 2.05) is 18.2 Å². The predicted molar refractivity (Wildman–Crippen MR) is 113 cm³/mol. The molecule has 1 aromatic carbocycles. The van der Waals surface area contributed by atoms with Crippen LogP contribution in [0.5, 0.6) is 0 Å². The number of halogens is 1. The quantitative estimate of drug-likeness (QED) is 0.789. The van der Waals surface area contributed by atoms with E-state index in [1.165, 1.54) is 12.1 Å². The summed E-state index contributed by atoms with van der Waals surface area (Å²) in [5.74, 6) is 0.704. The monoisotopic (exact) mass is 394 g/mol. The van der Waals surface area contributed by atoms with E-state index in [9.17, 15) is 5.11 Å². The van der Waals surface area contributed by atoms with Crippen LogP contribution in [0.3, 0.4) is 0 Å². The van der Waals surface area contributed by atoms with Crippen LogP contribution < -0.4 is 4.90 Å². The lowest BCUT2D eigenvalue weighted by atomic mass is 9.71. The molecule has 0 amide bonds. The first-order valence-electron chi connectivity index (χ1n) is 10.3. The van der Waals surface area contributed by atoms with Crippen LogP contribution >= 0.6 is 11.6 Å². The van der Waals surface area contributed by atoms with Gasteiger partial charge in [-0.25, -0.2) is 0 Å². The Balaban J connectivity index is 1.39. The highest BCUT2D eigenvalue weighted by Crippen LogP contribution is 2.39. The van der Waals surface area contributed by atoms with Gasteiger partial charge < -0.3 is 14.7 Å². The molecule has 1 saturated heterocycles. The second-order valence-corrected chi connectivity index (χ2v) is 9.73. The number of β-amino-alcohol motifs (C(OH)–C–C–N with tert-alkyl or cyclic N) is 1. The van der Waals surface area contributed by atoms with E-state index in [-0.39, 0.29) is 6.10 Å². The number of piperazine rings is 1. The maximum absolute atomic E-state index is 10.4. The van der Waals surface area contributed by atoms with Crippen LogP contribution in [0, 0.1) is 11.3 Å². The van der Waals surface area contributed by atoms with E-state index >= 15 is 0 Å². The minimum absolute atomic E-state index is 0.290. The molecular formula is C22H35ClN2O2. The molecule has 2 aliphatic rings. The van der Waals surface area contributed by atoms with Gasteiger partial charge in [-0.3, -0.25) is 4.90 Å². The number of aliphatic hydroxyl groups excluding tert-OH is 1. The molecule has 1 N–H and O–H groups in total. The molecular weight excluding hydrogens is 360 g/mol. The van der Waals surface area contributed by atoms with Crippen LogP contribution in [-0.4, -0.2) is 61.5 Å². The fourth-order valence-corrected chi connectivity index (χ4v) is 5.03. The zero-order valence-corrected chi connectivity index (χ0v) is 17.8. The molecule has 0 radical (unpaired) electrons. The number of nitrogens with zero attached hydrogens (tertiary/aromatic N) is 2. The Morgan fingerprint density at radius 2 is 1.96 bits per heavy atom. The summed E-state index contributed by atoms with van der Waals surface area (Å²) in [7, 11) is 0. The second kappa shape index (κ2) is 9.13. The molecule has 1 aliphatic carbocycles. The first-order chi connectivity index (χ1) is 12.8. The molecule has 1 aromatic rings. The standard InChI is InChI=1S/C22H35ClN2O2/c1-17-11-21(14-22(2,3)13-17)27-16-20(26)15-24-7-9-25(10-8-24)19-6-4-5-18(23)12-19/h4-6,12,17,20-21,26H,7-11,13-16H2,1-3H3/t17-,20-,21-/m0/s1. The summed E-state index contributed by atoms with van der Waals surface area (Å²) in [6.07, 6.45) is 3.37. The van der Waals surface area contributed by atoms with Crippen LogP contribution in [0.15, 0.2) is 24.3 Å². The molecule has 1 saturated carbocycles. The number of hydrogen-bond acceptors (Lipinski definition) is 4. The fourth-order valence-electron chi connectivity index (χ4n) is 4.84. The van der Waals surface area contributed by atoms with Gasteiger partial charge in [-0.05, 0) is 48.8 Å². The van der Waals surface area contributed by atoms with E-state index in [1.54, 1.807) is 0 Å². The molecule has 3 rings (SSSR count). The lowest BCUT2D eigenvalue weighted by molar-refractivity contribution is -0.0615. The highest BCUT2D eigenvalue weighted by Gasteiger charge is 2.32. The van der Waals surface area contributed by atoms with E-state index < -0.39 is 6.10 Å². The summed E-state index contributed by atoms with van der Waals surface area (Å²) in [6.45, 7) is 11.9. The first-order valence-corrected chi connectivity index (χ1v) is 10.7. The molecule has 2 fully saturated rings. The van der Waals surface area contributed by atoms with Gasteiger partial charge in [0.25, 0.3) is 0 Å². The number of benzene rings is 1. The molecule has 0 spiro atoms. The van der Waals surface area contributed by atoms with Crippen molar-refractivity contribution in [3.63, 3.8) is 0 Å². The second-order valence-electron chi connectivity index (χ2n) is 9.29. The minimum Gasteiger partial charge on any atom is -0.389 e. The molecule has 152 valence electrons. The topological polar surface area (TPSA) is 35.9 Å². The highest BCUT2D eigenvalue weighted by molar-refractivity contribution is 6.30. The van der Waals surface area contributed by atoms with Gasteiger partial charge in [-0.2, -0.15) is 0 Å². The van der Waals surface area contributed by atoms with Crippen molar-refractivity contribution in [2.75, 3.05) is 44.2 Å². The summed E-state index contributed by atoms with van der Waals surface area (Å²) < 4.78 is 6.09. The molecule has 0 bridgehead atoms. The van der Waals surface area contributed by atoms with Gasteiger partial charge in [0.1, 0.15) is 0 Å². The molecule has 27 heavy (non-hydrogen) atoms.